The van der Waals surface area contributed by atoms with E-state index in [1.807, 2.05) is 4.90 Å². The normalized spacial score (nSPS) is 20.2. The van der Waals surface area contributed by atoms with E-state index in [0.29, 0.717) is 45.4 Å². The van der Waals surface area contributed by atoms with Gasteiger partial charge in [0.15, 0.2) is 0 Å². The van der Waals surface area contributed by atoms with E-state index in [0.717, 1.165) is 64.3 Å². The number of nitrogens with one attached hydrogen (secondary N) is 2. The highest BCUT2D eigenvalue weighted by Crippen LogP contribution is 2.27. The fourth-order valence-electron chi connectivity index (χ4n) is 8.80. The Kier molecular flexibility index (Phi) is 23.6. The second-order valence-electron chi connectivity index (χ2n) is 16.7. The molecule has 0 radical (unpaired) electrons. The molecule has 316 valence electrons. The summed E-state index contributed by atoms with van der Waals surface area (Å²) in [6, 6.07) is -2.54. The van der Waals surface area contributed by atoms with Crippen LogP contribution in [0.3, 0.4) is 0 Å². The molecule has 3 heterocycles. The molecular weight excluding hydrogens is 695 g/mol. The summed E-state index contributed by atoms with van der Waals surface area (Å²) in [6.07, 6.45) is 28.0. The summed E-state index contributed by atoms with van der Waals surface area (Å²) in [6.45, 7) is 7.44. The fourth-order valence-corrected chi connectivity index (χ4v) is 8.80. The summed E-state index contributed by atoms with van der Waals surface area (Å²) in [5.74, 6) is -1.85. The van der Waals surface area contributed by atoms with Gasteiger partial charge in [0.1, 0.15) is 18.1 Å². The van der Waals surface area contributed by atoms with Crippen molar-refractivity contribution < 1.29 is 29.1 Å². The van der Waals surface area contributed by atoms with Gasteiger partial charge in [0.25, 0.3) is 0 Å². The van der Waals surface area contributed by atoms with E-state index >= 15 is 0 Å². The molecule has 4 atom stereocenters. The van der Waals surface area contributed by atoms with Gasteiger partial charge in [-0.2, -0.15) is 0 Å². The molecule has 3 aliphatic heterocycles. The highest BCUT2D eigenvalue weighted by atomic mass is 16.4. The number of carboxylic acids is 1. The van der Waals surface area contributed by atoms with Gasteiger partial charge in [0, 0.05) is 32.6 Å². The number of unbranched alkanes of at least 4 members (excludes halogenated alkanes) is 18. The predicted molar refractivity (Wildman–Crippen MR) is 220 cm³/mol. The third-order valence-corrected chi connectivity index (χ3v) is 12.2. The van der Waals surface area contributed by atoms with E-state index in [-0.39, 0.29) is 36.6 Å². The monoisotopic (exact) mass is 774 g/mol. The Balaban J connectivity index is 1.60. The molecular formula is C44H79N5O6. The molecule has 3 rings (SSSR count). The summed E-state index contributed by atoms with van der Waals surface area (Å²) >= 11 is 0. The van der Waals surface area contributed by atoms with Gasteiger partial charge in [0.05, 0.1) is 6.04 Å². The first-order valence-electron chi connectivity index (χ1n) is 22.9. The number of carbonyl (C=O) groups excluding carboxylic acids is 4. The Morgan fingerprint density at radius 2 is 1.11 bits per heavy atom. The first-order chi connectivity index (χ1) is 26.8. The maximum Gasteiger partial charge on any atom is 0.303 e. The molecule has 0 aromatic carbocycles. The average Bonchev–Trinajstić information content (AvgIpc) is 3.99. The number of rotatable bonds is 30. The lowest BCUT2D eigenvalue weighted by molar-refractivity contribution is -0.148. The maximum atomic E-state index is 14.2. The molecule has 0 aromatic rings. The van der Waals surface area contributed by atoms with Gasteiger partial charge < -0.3 is 30.4 Å². The van der Waals surface area contributed by atoms with E-state index in [1.54, 1.807) is 9.80 Å². The number of hydrogen-bond donors (Lipinski definition) is 3. The zero-order chi connectivity index (χ0) is 39.7. The number of likely N-dealkylation sites (tertiary alicyclic amines) is 2. The van der Waals surface area contributed by atoms with Crippen LogP contribution in [0.2, 0.25) is 0 Å². The zero-order valence-electron chi connectivity index (χ0n) is 35.0. The molecule has 3 aliphatic rings. The molecule has 0 bridgehead atoms. The number of aliphatic carboxylic acids is 1. The minimum atomic E-state index is -1.01. The molecule has 0 unspecified atom stereocenters. The predicted octanol–water partition coefficient (Wildman–Crippen LogP) is 7.74. The highest BCUT2D eigenvalue weighted by molar-refractivity contribution is 5.95. The van der Waals surface area contributed by atoms with Crippen LogP contribution < -0.4 is 10.6 Å². The van der Waals surface area contributed by atoms with Gasteiger partial charge in [-0.1, -0.05) is 129 Å². The summed E-state index contributed by atoms with van der Waals surface area (Å²) in [5, 5.41) is 15.8. The van der Waals surface area contributed by atoms with Gasteiger partial charge in [-0.25, -0.2) is 0 Å². The number of amides is 4. The zero-order valence-corrected chi connectivity index (χ0v) is 35.0. The Morgan fingerprint density at radius 1 is 0.636 bits per heavy atom. The third kappa shape index (κ3) is 17.1. The number of nitrogens with zero attached hydrogens (tertiary/aromatic N) is 3. The summed E-state index contributed by atoms with van der Waals surface area (Å²) in [4.78, 5) is 72.4. The van der Waals surface area contributed by atoms with Gasteiger partial charge >= 0.3 is 5.97 Å². The van der Waals surface area contributed by atoms with Gasteiger partial charge in [0.2, 0.25) is 23.6 Å². The smallest absolute Gasteiger partial charge is 0.303 e. The Bertz CT molecular complexity index is 1110. The van der Waals surface area contributed by atoms with Crippen LogP contribution in [0, 0.1) is 0 Å². The Hall–Kier alpha value is -2.69. The van der Waals surface area contributed by atoms with Crippen LogP contribution in [0.1, 0.15) is 194 Å². The van der Waals surface area contributed by atoms with Crippen molar-refractivity contribution >= 4 is 29.6 Å². The van der Waals surface area contributed by atoms with E-state index < -0.39 is 30.0 Å². The lowest BCUT2D eigenvalue weighted by atomic mass is 10.0. The van der Waals surface area contributed by atoms with Crippen molar-refractivity contribution in [1.82, 2.24) is 25.3 Å². The van der Waals surface area contributed by atoms with Crippen LogP contribution in [0.5, 0.6) is 0 Å². The lowest BCUT2D eigenvalue weighted by Gasteiger charge is -2.33. The number of carbonyl (C=O) groups is 5. The number of hydrogen-bond acceptors (Lipinski definition) is 6. The molecule has 3 N–H and O–H groups in total. The standard InChI is InChI=1S/C44H79N5O6/c1-3-5-7-9-11-13-15-17-19-21-32-47(33-22-20-18-16-14-12-10-8-6-4-2)42(53)37(29-30-40(50)51)46-41(52)38-27-24-34-48(38)44(55)39-28-25-35-49(39)43(54)36-26-23-31-45-36/h36-39,45H,3-35H2,1-2H3,(H,46,52)(H,50,51)/t36-,37-,38-,39-/m0/s1. The van der Waals surface area contributed by atoms with Crippen LogP contribution >= 0.6 is 0 Å². The van der Waals surface area contributed by atoms with E-state index in [1.165, 1.54) is 89.9 Å². The first kappa shape index (κ1) is 46.7. The molecule has 0 spiro atoms. The van der Waals surface area contributed by atoms with Gasteiger partial charge in [-0.3, -0.25) is 24.0 Å². The van der Waals surface area contributed by atoms with Crippen molar-refractivity contribution in [1.29, 1.82) is 0 Å². The number of carboxylic acid groups (broad SMARTS) is 1. The van der Waals surface area contributed by atoms with E-state index in [4.69, 9.17) is 0 Å². The molecule has 4 amide bonds. The van der Waals surface area contributed by atoms with Crippen LogP contribution in [0.25, 0.3) is 0 Å². The maximum absolute atomic E-state index is 14.2. The Labute approximate surface area is 333 Å². The van der Waals surface area contributed by atoms with E-state index in [9.17, 15) is 29.1 Å². The fraction of sp³-hybridized carbons (Fsp3) is 0.886. The minimum absolute atomic E-state index is 0.00638. The average molecular weight is 774 g/mol. The van der Waals surface area contributed by atoms with Crippen LogP contribution in [0.15, 0.2) is 0 Å². The molecule has 55 heavy (non-hydrogen) atoms. The summed E-state index contributed by atoms with van der Waals surface area (Å²) < 4.78 is 0. The molecule has 11 nitrogen and oxygen atoms in total. The topological polar surface area (TPSA) is 139 Å². The molecule has 0 saturated carbocycles. The molecule has 3 fully saturated rings. The second kappa shape index (κ2) is 27.8. The lowest BCUT2D eigenvalue weighted by Crippen LogP contribution is -2.57. The molecule has 0 aliphatic carbocycles. The summed E-state index contributed by atoms with van der Waals surface area (Å²) in [5.41, 5.74) is 0. The SMILES string of the molecule is CCCCCCCCCCCCN(CCCCCCCCCCCC)C(=O)[C@H](CCC(=O)O)NC(=O)[C@@H]1CCCN1C(=O)[C@@H]1CCCN1C(=O)[C@@H]1CCCN1. The van der Waals surface area contributed by atoms with Crippen molar-refractivity contribution in [3.05, 3.63) is 0 Å². The van der Waals surface area contributed by atoms with Gasteiger partial charge in [-0.15, -0.1) is 0 Å². The molecule has 11 heteroatoms. The molecule has 3 saturated heterocycles. The van der Waals surface area contributed by atoms with Crippen molar-refractivity contribution in [2.45, 2.75) is 218 Å². The van der Waals surface area contributed by atoms with Crippen LogP contribution in [-0.4, -0.2) is 106 Å². The van der Waals surface area contributed by atoms with Crippen molar-refractivity contribution in [3.63, 3.8) is 0 Å². The largest absolute Gasteiger partial charge is 0.481 e. The highest BCUT2D eigenvalue weighted by Gasteiger charge is 2.44. The van der Waals surface area contributed by atoms with Crippen molar-refractivity contribution in [2.24, 2.45) is 0 Å². The van der Waals surface area contributed by atoms with E-state index in [2.05, 4.69) is 24.5 Å². The quantitative estimate of drug-likeness (QED) is 0.0635. The van der Waals surface area contributed by atoms with Crippen LogP contribution in [0.4, 0.5) is 0 Å². The summed E-state index contributed by atoms with van der Waals surface area (Å²) in [7, 11) is 0. The molecule has 0 aromatic heterocycles. The third-order valence-electron chi connectivity index (χ3n) is 12.2. The van der Waals surface area contributed by atoms with Crippen LogP contribution in [-0.2, 0) is 24.0 Å². The first-order valence-corrected chi connectivity index (χ1v) is 22.9. The van der Waals surface area contributed by atoms with Crippen molar-refractivity contribution in [3.8, 4) is 0 Å². The van der Waals surface area contributed by atoms with Crippen molar-refractivity contribution in [2.75, 3.05) is 32.7 Å². The Morgan fingerprint density at radius 3 is 1.58 bits per heavy atom. The van der Waals surface area contributed by atoms with Gasteiger partial charge in [-0.05, 0) is 64.3 Å². The second-order valence-corrected chi connectivity index (χ2v) is 16.7. The minimum Gasteiger partial charge on any atom is -0.481 e.